The predicted octanol–water partition coefficient (Wildman–Crippen LogP) is 1.75. The predicted molar refractivity (Wildman–Crippen MR) is 95.2 cm³/mol. The lowest BCUT2D eigenvalue weighted by Gasteiger charge is -2.25. The van der Waals surface area contributed by atoms with Crippen molar-refractivity contribution in [3.8, 4) is 40.6 Å². The molecule has 0 aromatic heterocycles. The summed E-state index contributed by atoms with van der Waals surface area (Å²) < 4.78 is 27.2. The average Bonchev–Trinajstić information content (AvgIpc) is 3.18. The first-order valence-electron chi connectivity index (χ1n) is 8.44. The van der Waals surface area contributed by atoms with Crippen molar-refractivity contribution >= 4 is 5.91 Å². The first kappa shape index (κ1) is 16.9. The second-order valence-corrected chi connectivity index (χ2v) is 5.74. The van der Waals surface area contributed by atoms with Gasteiger partial charge in [-0.25, -0.2) is 0 Å². The van der Waals surface area contributed by atoms with Gasteiger partial charge in [-0.15, -0.1) is 0 Å². The highest BCUT2D eigenvalue weighted by Gasteiger charge is 2.26. The lowest BCUT2D eigenvalue weighted by Crippen LogP contribution is -2.44. The summed E-state index contributed by atoms with van der Waals surface area (Å²) in [6, 6.07) is 12.6. The van der Waals surface area contributed by atoms with Crippen molar-refractivity contribution in [3.63, 3.8) is 0 Å². The molecule has 2 aromatic rings. The molecule has 7 nitrogen and oxygen atoms in total. The van der Waals surface area contributed by atoms with E-state index >= 15 is 0 Å². The van der Waals surface area contributed by atoms with Crippen LogP contribution in [-0.2, 0) is 4.79 Å². The summed E-state index contributed by atoms with van der Waals surface area (Å²) in [6.07, 6.45) is -0.688. The quantitative estimate of drug-likeness (QED) is 0.830. The first-order valence-corrected chi connectivity index (χ1v) is 8.44. The molecule has 0 fully saturated rings. The Hall–Kier alpha value is -3.53. The van der Waals surface area contributed by atoms with Gasteiger partial charge in [0.15, 0.2) is 23.0 Å². The molecule has 0 bridgehead atoms. The molecular formula is C20H17NO6. The largest absolute Gasteiger partial charge is 0.485 e. The molecule has 0 saturated carbocycles. The second-order valence-electron chi connectivity index (χ2n) is 5.74. The molecule has 4 rings (SSSR count). The van der Waals surface area contributed by atoms with E-state index in [1.807, 2.05) is 12.1 Å². The summed E-state index contributed by atoms with van der Waals surface area (Å²) in [5.41, 5.74) is 0. The second kappa shape index (κ2) is 7.79. The van der Waals surface area contributed by atoms with E-state index in [9.17, 15) is 4.79 Å². The van der Waals surface area contributed by atoms with Crippen LogP contribution < -0.4 is 29.0 Å². The Labute approximate surface area is 156 Å². The van der Waals surface area contributed by atoms with Gasteiger partial charge in [-0.1, -0.05) is 24.0 Å². The molecule has 0 unspecified atom stereocenters. The molecule has 2 aliphatic heterocycles. The fraction of sp³-hybridized carbons (Fsp3) is 0.250. The molecule has 0 radical (unpaired) electrons. The van der Waals surface area contributed by atoms with Crippen molar-refractivity contribution in [2.45, 2.75) is 6.10 Å². The van der Waals surface area contributed by atoms with E-state index in [1.54, 1.807) is 30.3 Å². The van der Waals surface area contributed by atoms with Crippen molar-refractivity contribution in [1.82, 2.24) is 5.32 Å². The van der Waals surface area contributed by atoms with E-state index in [0.29, 0.717) is 28.7 Å². The van der Waals surface area contributed by atoms with Crippen LogP contribution in [-0.4, -0.2) is 38.6 Å². The van der Waals surface area contributed by atoms with Crippen LogP contribution in [0.5, 0.6) is 28.7 Å². The molecule has 1 atom stereocenters. The van der Waals surface area contributed by atoms with E-state index in [1.165, 1.54) is 0 Å². The number of hydrogen-bond donors (Lipinski definition) is 1. The van der Waals surface area contributed by atoms with Crippen LogP contribution in [0.25, 0.3) is 0 Å². The summed E-state index contributed by atoms with van der Waals surface area (Å²) in [4.78, 5) is 12.1. The lowest BCUT2D eigenvalue weighted by molar-refractivity contribution is -0.130. The van der Waals surface area contributed by atoms with Gasteiger partial charge < -0.3 is 29.0 Å². The third-order valence-corrected chi connectivity index (χ3v) is 3.93. The van der Waals surface area contributed by atoms with Gasteiger partial charge in [-0.05, 0) is 24.3 Å². The van der Waals surface area contributed by atoms with Crippen LogP contribution in [0.4, 0.5) is 0 Å². The Morgan fingerprint density at radius 2 is 1.85 bits per heavy atom. The van der Waals surface area contributed by atoms with Gasteiger partial charge in [-0.2, -0.15) is 0 Å². The van der Waals surface area contributed by atoms with Gasteiger partial charge in [0.05, 0.1) is 6.54 Å². The van der Waals surface area contributed by atoms with Crippen molar-refractivity contribution in [2.75, 3.05) is 26.6 Å². The summed E-state index contributed by atoms with van der Waals surface area (Å²) in [5, 5.41) is 2.71. The molecule has 7 heteroatoms. The number of amides is 1. The van der Waals surface area contributed by atoms with Gasteiger partial charge in [0.2, 0.25) is 12.9 Å². The van der Waals surface area contributed by atoms with Crippen LogP contribution in [0.3, 0.4) is 0 Å². The van der Waals surface area contributed by atoms with E-state index < -0.39 is 6.10 Å². The maximum Gasteiger partial charge on any atom is 0.265 e. The zero-order chi connectivity index (χ0) is 18.5. The number of carbonyl (C=O) groups excluding carboxylic acids is 1. The Kier molecular flexibility index (Phi) is 4.88. The number of carbonyl (C=O) groups is 1. The lowest BCUT2D eigenvalue weighted by atomic mass is 10.2. The van der Waals surface area contributed by atoms with Crippen LogP contribution in [0.2, 0.25) is 0 Å². The third kappa shape index (κ3) is 4.01. The number of nitrogens with one attached hydrogen (secondary N) is 1. The van der Waals surface area contributed by atoms with Gasteiger partial charge in [0.25, 0.3) is 5.91 Å². The van der Waals surface area contributed by atoms with E-state index in [-0.39, 0.29) is 32.5 Å². The molecule has 2 aliphatic rings. The minimum absolute atomic E-state index is 0.170. The summed E-state index contributed by atoms with van der Waals surface area (Å²) in [6.45, 7) is 0.792. The van der Waals surface area contributed by atoms with Gasteiger partial charge in [0.1, 0.15) is 19.0 Å². The highest BCUT2D eigenvalue weighted by Crippen LogP contribution is 2.35. The monoisotopic (exact) mass is 367 g/mol. The molecule has 138 valence electrons. The van der Waals surface area contributed by atoms with Crippen LogP contribution in [0.15, 0.2) is 42.5 Å². The van der Waals surface area contributed by atoms with E-state index in [2.05, 4.69) is 17.2 Å². The third-order valence-electron chi connectivity index (χ3n) is 3.93. The SMILES string of the molecule is O=C(NCC#CCOc1ccc2c(c1)OCO2)[C@@H]1COc2ccccc2O1. The van der Waals surface area contributed by atoms with Crippen molar-refractivity contribution < 1.29 is 28.5 Å². The molecule has 27 heavy (non-hydrogen) atoms. The highest BCUT2D eigenvalue weighted by atomic mass is 16.7. The van der Waals surface area contributed by atoms with Crippen molar-refractivity contribution in [1.29, 1.82) is 0 Å². The minimum Gasteiger partial charge on any atom is -0.485 e. The Morgan fingerprint density at radius 3 is 2.78 bits per heavy atom. The zero-order valence-electron chi connectivity index (χ0n) is 14.4. The Balaban J connectivity index is 1.20. The van der Waals surface area contributed by atoms with E-state index in [4.69, 9.17) is 23.7 Å². The molecule has 1 N–H and O–H groups in total. The van der Waals surface area contributed by atoms with Gasteiger partial charge in [0, 0.05) is 6.07 Å². The normalized spacial score (nSPS) is 16.1. The standard InChI is InChI=1S/C20H17NO6/c22-20(19-12-24-15-5-1-2-6-17(15)27-19)21-9-3-4-10-23-14-7-8-16-18(11-14)26-13-25-16/h1-2,5-8,11,19H,9-10,12-13H2,(H,21,22)/t19-/m0/s1. The topological polar surface area (TPSA) is 75.3 Å². The molecule has 0 spiro atoms. The van der Waals surface area contributed by atoms with Crippen molar-refractivity contribution in [2.24, 2.45) is 0 Å². The number of fused-ring (bicyclic) bond motifs is 2. The number of para-hydroxylation sites is 2. The maximum absolute atomic E-state index is 12.1. The number of hydrogen-bond acceptors (Lipinski definition) is 6. The molecule has 1 amide bonds. The Bertz CT molecular complexity index is 901. The molecule has 0 aliphatic carbocycles. The van der Waals surface area contributed by atoms with E-state index in [0.717, 1.165) is 0 Å². The molecule has 0 saturated heterocycles. The minimum atomic E-state index is -0.688. The number of rotatable bonds is 4. The highest BCUT2D eigenvalue weighted by molar-refractivity contribution is 5.82. The maximum atomic E-state index is 12.1. The molecular weight excluding hydrogens is 350 g/mol. The number of ether oxygens (including phenoxy) is 5. The number of benzene rings is 2. The molecule has 2 aromatic carbocycles. The summed E-state index contributed by atoms with van der Waals surface area (Å²) in [7, 11) is 0. The van der Waals surface area contributed by atoms with Crippen LogP contribution in [0.1, 0.15) is 0 Å². The fourth-order valence-electron chi connectivity index (χ4n) is 2.59. The van der Waals surface area contributed by atoms with Crippen molar-refractivity contribution in [3.05, 3.63) is 42.5 Å². The van der Waals surface area contributed by atoms with Gasteiger partial charge in [-0.3, -0.25) is 4.79 Å². The summed E-state index contributed by atoms with van der Waals surface area (Å²) in [5.74, 6) is 8.62. The zero-order valence-corrected chi connectivity index (χ0v) is 14.4. The van der Waals surface area contributed by atoms with Crippen LogP contribution >= 0.6 is 0 Å². The fourth-order valence-corrected chi connectivity index (χ4v) is 2.59. The Morgan fingerprint density at radius 1 is 1.04 bits per heavy atom. The van der Waals surface area contributed by atoms with Gasteiger partial charge >= 0.3 is 0 Å². The summed E-state index contributed by atoms with van der Waals surface area (Å²) >= 11 is 0. The average molecular weight is 367 g/mol. The van der Waals surface area contributed by atoms with Crippen LogP contribution in [0, 0.1) is 11.8 Å². The smallest absolute Gasteiger partial charge is 0.265 e. The first-order chi connectivity index (χ1) is 13.3. The molecule has 2 heterocycles.